The summed E-state index contributed by atoms with van der Waals surface area (Å²) in [4.78, 5) is 13.2. The predicted molar refractivity (Wildman–Crippen MR) is 91.4 cm³/mol. The number of thiocarbonyl (C=S) groups is 1. The normalized spacial score (nSPS) is 15.6. The molecular weight excluding hydrogens is 334 g/mol. The predicted octanol–water partition coefficient (Wildman–Crippen LogP) is 1.58. The molecule has 1 aromatic heterocycles. The Morgan fingerprint density at radius 1 is 1.22 bits per heavy atom. The highest BCUT2D eigenvalue weighted by atomic mass is 32.1. The van der Waals surface area contributed by atoms with Gasteiger partial charge in [0.25, 0.3) is 5.91 Å². The number of para-hydroxylation sites is 2. The second kappa shape index (κ2) is 7.30. The average molecular weight is 349 g/mol. The highest BCUT2D eigenvalue weighted by Gasteiger charge is 2.27. The SMILES string of the molecule is O=C(NNC(=S)NCc1cccs1)C1COc2ccccc2O1. The van der Waals surface area contributed by atoms with Crippen LogP contribution in [0, 0.1) is 0 Å². The summed E-state index contributed by atoms with van der Waals surface area (Å²) >= 11 is 6.74. The molecule has 0 fully saturated rings. The van der Waals surface area contributed by atoms with Crippen molar-refractivity contribution in [1.29, 1.82) is 0 Å². The van der Waals surface area contributed by atoms with E-state index in [2.05, 4.69) is 16.2 Å². The number of benzene rings is 1. The minimum atomic E-state index is -0.725. The van der Waals surface area contributed by atoms with E-state index >= 15 is 0 Å². The van der Waals surface area contributed by atoms with Crippen LogP contribution in [-0.4, -0.2) is 23.7 Å². The summed E-state index contributed by atoms with van der Waals surface area (Å²) in [6, 6.07) is 11.2. The Morgan fingerprint density at radius 3 is 2.83 bits per heavy atom. The van der Waals surface area contributed by atoms with Crippen molar-refractivity contribution in [1.82, 2.24) is 16.2 Å². The fourth-order valence-corrected chi connectivity index (χ4v) is 2.74. The average Bonchev–Trinajstić information content (AvgIpc) is 3.11. The first-order valence-corrected chi connectivity index (χ1v) is 8.26. The molecule has 8 heteroatoms. The van der Waals surface area contributed by atoms with Crippen LogP contribution in [0.25, 0.3) is 0 Å². The topological polar surface area (TPSA) is 71.6 Å². The molecule has 3 rings (SSSR count). The van der Waals surface area contributed by atoms with Crippen molar-refractivity contribution in [2.24, 2.45) is 0 Å². The Labute approximate surface area is 142 Å². The zero-order chi connectivity index (χ0) is 16.1. The first-order chi connectivity index (χ1) is 11.2. The number of carbonyl (C=O) groups is 1. The van der Waals surface area contributed by atoms with Crippen molar-refractivity contribution in [2.75, 3.05) is 6.61 Å². The second-order valence-corrected chi connectivity index (χ2v) is 6.18. The van der Waals surface area contributed by atoms with Crippen LogP contribution in [0.2, 0.25) is 0 Å². The maximum Gasteiger partial charge on any atom is 0.283 e. The maximum atomic E-state index is 12.1. The molecule has 0 bridgehead atoms. The lowest BCUT2D eigenvalue weighted by atomic mass is 10.2. The van der Waals surface area contributed by atoms with Gasteiger partial charge in [-0.3, -0.25) is 15.6 Å². The van der Waals surface area contributed by atoms with Crippen LogP contribution < -0.4 is 25.6 Å². The van der Waals surface area contributed by atoms with E-state index in [9.17, 15) is 4.79 Å². The summed E-state index contributed by atoms with van der Waals surface area (Å²) in [6.07, 6.45) is -0.725. The highest BCUT2D eigenvalue weighted by Crippen LogP contribution is 2.30. The minimum absolute atomic E-state index is 0.153. The number of hydrazine groups is 1. The fourth-order valence-electron chi connectivity index (χ4n) is 1.97. The Balaban J connectivity index is 1.44. The van der Waals surface area contributed by atoms with E-state index in [4.69, 9.17) is 21.7 Å². The molecule has 0 saturated carbocycles. The number of hydrogen-bond acceptors (Lipinski definition) is 5. The summed E-state index contributed by atoms with van der Waals surface area (Å²) in [5.74, 6) is 0.842. The number of fused-ring (bicyclic) bond motifs is 1. The molecule has 0 spiro atoms. The summed E-state index contributed by atoms with van der Waals surface area (Å²) in [7, 11) is 0. The van der Waals surface area contributed by atoms with Gasteiger partial charge in [-0.25, -0.2) is 0 Å². The van der Waals surface area contributed by atoms with Crippen LogP contribution in [0.5, 0.6) is 11.5 Å². The van der Waals surface area contributed by atoms with Crippen LogP contribution in [-0.2, 0) is 11.3 Å². The second-order valence-electron chi connectivity index (χ2n) is 4.74. The number of amides is 1. The van der Waals surface area contributed by atoms with Crippen molar-refractivity contribution >= 4 is 34.6 Å². The van der Waals surface area contributed by atoms with Crippen molar-refractivity contribution in [2.45, 2.75) is 12.6 Å². The van der Waals surface area contributed by atoms with Gasteiger partial charge in [-0.15, -0.1) is 11.3 Å². The molecule has 2 heterocycles. The van der Waals surface area contributed by atoms with Gasteiger partial charge < -0.3 is 14.8 Å². The molecule has 1 aliphatic heterocycles. The van der Waals surface area contributed by atoms with E-state index in [-0.39, 0.29) is 12.5 Å². The van der Waals surface area contributed by atoms with Gasteiger partial charge >= 0.3 is 0 Å². The largest absolute Gasteiger partial charge is 0.485 e. The van der Waals surface area contributed by atoms with E-state index in [1.54, 1.807) is 23.5 Å². The molecule has 1 amide bonds. The fraction of sp³-hybridized carbons (Fsp3) is 0.200. The lowest BCUT2D eigenvalue weighted by Gasteiger charge is -2.25. The van der Waals surface area contributed by atoms with Gasteiger partial charge in [0.1, 0.15) is 6.61 Å². The van der Waals surface area contributed by atoms with Gasteiger partial charge in [0.05, 0.1) is 6.54 Å². The third kappa shape index (κ3) is 4.11. The van der Waals surface area contributed by atoms with Crippen LogP contribution in [0.3, 0.4) is 0 Å². The van der Waals surface area contributed by atoms with Crippen molar-refractivity contribution in [3.8, 4) is 11.5 Å². The monoisotopic (exact) mass is 349 g/mol. The molecule has 2 aromatic rings. The number of rotatable bonds is 3. The molecule has 0 aliphatic carbocycles. The summed E-state index contributed by atoms with van der Waals surface area (Å²) < 4.78 is 11.1. The molecule has 0 saturated heterocycles. The summed E-state index contributed by atoms with van der Waals surface area (Å²) in [6.45, 7) is 0.760. The maximum absolute atomic E-state index is 12.1. The number of ether oxygens (including phenoxy) is 2. The van der Waals surface area contributed by atoms with E-state index in [1.807, 2.05) is 29.6 Å². The van der Waals surface area contributed by atoms with Crippen molar-refractivity contribution in [3.63, 3.8) is 0 Å². The van der Waals surface area contributed by atoms with Gasteiger partial charge in [-0.05, 0) is 35.8 Å². The molecule has 1 aromatic carbocycles. The van der Waals surface area contributed by atoms with Crippen molar-refractivity contribution in [3.05, 3.63) is 46.7 Å². The van der Waals surface area contributed by atoms with Gasteiger partial charge in [0, 0.05) is 4.88 Å². The standard InChI is InChI=1S/C15H15N3O3S2/c19-14(13-9-20-11-5-1-2-6-12(11)21-13)17-18-15(22)16-8-10-4-3-7-23-10/h1-7,13H,8-9H2,(H,17,19)(H2,16,18,22). The zero-order valence-electron chi connectivity index (χ0n) is 12.1. The molecule has 6 nitrogen and oxygen atoms in total. The Bertz CT molecular complexity index is 691. The molecule has 0 radical (unpaired) electrons. The minimum Gasteiger partial charge on any atom is -0.485 e. The lowest BCUT2D eigenvalue weighted by Crippen LogP contribution is -2.52. The summed E-state index contributed by atoms with van der Waals surface area (Å²) in [5.41, 5.74) is 5.17. The third-order valence-electron chi connectivity index (χ3n) is 3.10. The van der Waals surface area contributed by atoms with Gasteiger partial charge in [-0.1, -0.05) is 18.2 Å². The van der Waals surface area contributed by atoms with E-state index < -0.39 is 6.10 Å². The number of carbonyl (C=O) groups excluding carboxylic acids is 1. The Hall–Kier alpha value is -2.32. The van der Waals surface area contributed by atoms with E-state index in [1.165, 1.54) is 0 Å². The Kier molecular flexibility index (Phi) is 4.94. The number of nitrogens with one attached hydrogen (secondary N) is 3. The first-order valence-electron chi connectivity index (χ1n) is 6.97. The number of hydrogen-bond donors (Lipinski definition) is 3. The van der Waals surface area contributed by atoms with Crippen LogP contribution >= 0.6 is 23.6 Å². The van der Waals surface area contributed by atoms with Gasteiger partial charge in [-0.2, -0.15) is 0 Å². The molecule has 3 N–H and O–H groups in total. The molecule has 1 unspecified atom stereocenters. The molecule has 23 heavy (non-hydrogen) atoms. The Morgan fingerprint density at radius 2 is 2.04 bits per heavy atom. The molecule has 1 aliphatic rings. The van der Waals surface area contributed by atoms with E-state index in [0.29, 0.717) is 23.2 Å². The smallest absolute Gasteiger partial charge is 0.283 e. The van der Waals surface area contributed by atoms with Crippen molar-refractivity contribution < 1.29 is 14.3 Å². The molecular formula is C15H15N3O3S2. The molecule has 1 atom stereocenters. The van der Waals surface area contributed by atoms with Crippen LogP contribution in [0.15, 0.2) is 41.8 Å². The molecule has 120 valence electrons. The van der Waals surface area contributed by atoms with Crippen LogP contribution in [0.1, 0.15) is 4.88 Å². The third-order valence-corrected chi connectivity index (χ3v) is 4.23. The van der Waals surface area contributed by atoms with Gasteiger partial charge in [0.2, 0.25) is 6.10 Å². The van der Waals surface area contributed by atoms with Gasteiger partial charge in [0.15, 0.2) is 16.6 Å². The summed E-state index contributed by atoms with van der Waals surface area (Å²) in [5, 5.41) is 5.33. The highest BCUT2D eigenvalue weighted by molar-refractivity contribution is 7.80. The van der Waals surface area contributed by atoms with E-state index in [0.717, 1.165) is 4.88 Å². The lowest BCUT2D eigenvalue weighted by molar-refractivity contribution is -0.130. The first kappa shape index (κ1) is 15.6. The zero-order valence-corrected chi connectivity index (χ0v) is 13.7. The van der Waals surface area contributed by atoms with Crippen LogP contribution in [0.4, 0.5) is 0 Å². The quantitative estimate of drug-likeness (QED) is 0.577. The number of thiophene rings is 1.